The summed E-state index contributed by atoms with van der Waals surface area (Å²) in [5, 5.41) is 0. The highest BCUT2D eigenvalue weighted by Crippen LogP contribution is 2.55. The molecule has 0 aromatic heterocycles. The Morgan fingerprint density at radius 2 is 1.94 bits per heavy atom. The number of carbonyl (C=O) groups excluding carboxylic acids is 1. The molecule has 1 aromatic rings. The summed E-state index contributed by atoms with van der Waals surface area (Å²) < 4.78 is 0. The Morgan fingerprint density at radius 3 is 2.56 bits per heavy atom. The molecule has 1 saturated carbocycles. The van der Waals surface area contributed by atoms with Gasteiger partial charge in [0.2, 0.25) is 0 Å². The number of carbonyl (C=O) groups is 1. The monoisotopic (exact) mass is 215 g/mol. The number of nitrogens with zero attached hydrogens (tertiary/aromatic N) is 1. The van der Waals surface area contributed by atoms with Gasteiger partial charge in [-0.3, -0.25) is 4.79 Å². The lowest BCUT2D eigenvalue weighted by atomic mass is 9.79. The number of Topliss-reactive ketones (excluding diaryl/α,β-unsaturated/α-hetero) is 1. The van der Waals surface area contributed by atoms with Gasteiger partial charge in [0.1, 0.15) is 0 Å². The normalized spacial score (nSPS) is 20.8. The minimum Gasteiger partial charge on any atom is -0.378 e. The predicted molar refractivity (Wildman–Crippen MR) is 65.2 cm³/mol. The maximum absolute atomic E-state index is 11.9. The third-order valence-corrected chi connectivity index (χ3v) is 4.08. The summed E-state index contributed by atoms with van der Waals surface area (Å²) in [5.74, 6) is 0.331. The third-order valence-electron chi connectivity index (χ3n) is 4.08. The Kier molecular flexibility index (Phi) is 1.91. The van der Waals surface area contributed by atoms with Crippen LogP contribution in [0.15, 0.2) is 18.2 Å². The number of anilines is 1. The zero-order valence-electron chi connectivity index (χ0n) is 9.92. The van der Waals surface area contributed by atoms with Gasteiger partial charge in [0, 0.05) is 31.8 Å². The maximum Gasteiger partial charge on any atom is 0.163 e. The van der Waals surface area contributed by atoms with E-state index in [1.54, 1.807) is 0 Å². The molecule has 0 amide bonds. The van der Waals surface area contributed by atoms with Crippen molar-refractivity contribution in [3.05, 3.63) is 29.3 Å². The lowest BCUT2D eigenvalue weighted by Gasteiger charge is -2.26. The zero-order chi connectivity index (χ0) is 11.3. The first kappa shape index (κ1) is 9.88. The van der Waals surface area contributed by atoms with Crippen LogP contribution in [0.1, 0.15) is 41.6 Å². The second-order valence-corrected chi connectivity index (χ2v) is 5.33. The van der Waals surface area contributed by atoms with Crippen molar-refractivity contribution in [1.82, 2.24) is 0 Å². The van der Waals surface area contributed by atoms with Gasteiger partial charge in [-0.15, -0.1) is 0 Å². The van der Waals surface area contributed by atoms with Gasteiger partial charge in [-0.25, -0.2) is 0 Å². The predicted octanol–water partition coefficient (Wildman–Crippen LogP) is 2.76. The van der Waals surface area contributed by atoms with E-state index in [-0.39, 0.29) is 0 Å². The largest absolute Gasteiger partial charge is 0.378 e. The van der Waals surface area contributed by atoms with Gasteiger partial charge in [-0.1, -0.05) is 0 Å². The molecule has 0 saturated heterocycles. The van der Waals surface area contributed by atoms with E-state index in [0.717, 1.165) is 18.4 Å². The van der Waals surface area contributed by atoms with Gasteiger partial charge >= 0.3 is 0 Å². The molecule has 84 valence electrons. The summed E-state index contributed by atoms with van der Waals surface area (Å²) in [7, 11) is 4.10. The van der Waals surface area contributed by atoms with Crippen molar-refractivity contribution in [3.63, 3.8) is 0 Å². The third kappa shape index (κ3) is 1.29. The average molecular weight is 215 g/mol. The molecule has 0 N–H and O–H groups in total. The quantitative estimate of drug-likeness (QED) is 0.718. The van der Waals surface area contributed by atoms with Gasteiger partial charge in [0.25, 0.3) is 0 Å². The SMILES string of the molecule is CN(C)c1ccc2c(c1)C1(CCC2=O)CC1. The molecule has 0 heterocycles. The van der Waals surface area contributed by atoms with E-state index in [1.807, 2.05) is 20.2 Å². The van der Waals surface area contributed by atoms with Crippen molar-refractivity contribution in [1.29, 1.82) is 0 Å². The Hall–Kier alpha value is -1.31. The smallest absolute Gasteiger partial charge is 0.163 e. The van der Waals surface area contributed by atoms with E-state index in [0.29, 0.717) is 11.2 Å². The molecule has 0 aliphatic heterocycles. The molecule has 2 heteroatoms. The summed E-state index contributed by atoms with van der Waals surface area (Å²) in [6.45, 7) is 0. The summed E-state index contributed by atoms with van der Waals surface area (Å²) in [4.78, 5) is 14.0. The van der Waals surface area contributed by atoms with Crippen LogP contribution in [0.25, 0.3) is 0 Å². The lowest BCUT2D eigenvalue weighted by Crippen LogP contribution is -2.21. The summed E-state index contributed by atoms with van der Waals surface area (Å²) in [6, 6.07) is 6.30. The molecular weight excluding hydrogens is 198 g/mol. The average Bonchev–Trinajstić information content (AvgIpc) is 3.05. The highest BCUT2D eigenvalue weighted by atomic mass is 16.1. The molecule has 2 aliphatic rings. The summed E-state index contributed by atoms with van der Waals surface area (Å²) >= 11 is 0. The number of benzene rings is 1. The van der Waals surface area contributed by atoms with Gasteiger partial charge in [0.15, 0.2) is 5.78 Å². The Morgan fingerprint density at radius 1 is 1.19 bits per heavy atom. The second kappa shape index (κ2) is 3.09. The first-order valence-electron chi connectivity index (χ1n) is 5.97. The fourth-order valence-corrected chi connectivity index (χ4v) is 2.78. The molecule has 2 aliphatic carbocycles. The molecule has 0 atom stereocenters. The van der Waals surface area contributed by atoms with Crippen molar-refractivity contribution in [2.75, 3.05) is 19.0 Å². The van der Waals surface area contributed by atoms with E-state index in [9.17, 15) is 4.79 Å². The second-order valence-electron chi connectivity index (χ2n) is 5.33. The number of fused-ring (bicyclic) bond motifs is 2. The van der Waals surface area contributed by atoms with Crippen LogP contribution in [0.5, 0.6) is 0 Å². The van der Waals surface area contributed by atoms with Crippen LogP contribution in [0.2, 0.25) is 0 Å². The van der Waals surface area contributed by atoms with Crippen molar-refractivity contribution in [2.24, 2.45) is 0 Å². The van der Waals surface area contributed by atoms with Crippen LogP contribution in [0, 0.1) is 0 Å². The van der Waals surface area contributed by atoms with Crippen LogP contribution in [-0.4, -0.2) is 19.9 Å². The van der Waals surface area contributed by atoms with Crippen LogP contribution in [0.3, 0.4) is 0 Å². The Labute approximate surface area is 96.3 Å². The van der Waals surface area contributed by atoms with Crippen LogP contribution in [0.4, 0.5) is 5.69 Å². The molecular formula is C14H17NO. The summed E-state index contributed by atoms with van der Waals surface area (Å²) in [5.41, 5.74) is 3.87. The van der Waals surface area contributed by atoms with Crippen LogP contribution in [-0.2, 0) is 5.41 Å². The van der Waals surface area contributed by atoms with Crippen LogP contribution < -0.4 is 4.90 Å². The molecule has 0 unspecified atom stereocenters. The van der Waals surface area contributed by atoms with E-state index < -0.39 is 0 Å². The molecule has 0 radical (unpaired) electrons. The van der Waals surface area contributed by atoms with Gasteiger partial charge in [0.05, 0.1) is 0 Å². The minimum absolute atomic E-state index is 0.331. The molecule has 2 nitrogen and oxygen atoms in total. The minimum atomic E-state index is 0.331. The van der Waals surface area contributed by atoms with E-state index in [2.05, 4.69) is 17.0 Å². The van der Waals surface area contributed by atoms with Crippen molar-refractivity contribution >= 4 is 11.5 Å². The van der Waals surface area contributed by atoms with Gasteiger partial charge in [-0.2, -0.15) is 0 Å². The van der Waals surface area contributed by atoms with E-state index in [4.69, 9.17) is 0 Å². The number of ketones is 1. The summed E-state index contributed by atoms with van der Waals surface area (Å²) in [6.07, 6.45) is 4.35. The van der Waals surface area contributed by atoms with Crippen molar-refractivity contribution in [2.45, 2.75) is 31.1 Å². The molecule has 3 rings (SSSR count). The van der Waals surface area contributed by atoms with Gasteiger partial charge in [-0.05, 0) is 48.4 Å². The number of hydrogen-bond acceptors (Lipinski definition) is 2. The molecule has 1 spiro atoms. The van der Waals surface area contributed by atoms with Crippen molar-refractivity contribution < 1.29 is 4.79 Å². The lowest BCUT2D eigenvalue weighted by molar-refractivity contribution is 0.0964. The standard InChI is InChI=1S/C14H17NO/c1-15(2)10-3-4-11-12(9-10)14(7-8-14)6-5-13(11)16/h3-4,9H,5-8H2,1-2H3. The fourth-order valence-electron chi connectivity index (χ4n) is 2.78. The first-order chi connectivity index (χ1) is 7.62. The van der Waals surface area contributed by atoms with Gasteiger partial charge < -0.3 is 4.90 Å². The number of hydrogen-bond donors (Lipinski definition) is 0. The van der Waals surface area contributed by atoms with Crippen molar-refractivity contribution in [3.8, 4) is 0 Å². The zero-order valence-corrected chi connectivity index (χ0v) is 9.92. The Bertz CT molecular complexity index is 458. The highest BCUT2D eigenvalue weighted by Gasteiger charge is 2.48. The first-order valence-corrected chi connectivity index (χ1v) is 5.97. The molecule has 1 fully saturated rings. The fraction of sp³-hybridized carbons (Fsp3) is 0.500. The molecule has 1 aromatic carbocycles. The Balaban J connectivity index is 2.14. The maximum atomic E-state index is 11.9. The highest BCUT2D eigenvalue weighted by molar-refractivity contribution is 5.99. The van der Waals surface area contributed by atoms with E-state index >= 15 is 0 Å². The number of rotatable bonds is 1. The molecule has 0 bridgehead atoms. The molecule has 16 heavy (non-hydrogen) atoms. The van der Waals surface area contributed by atoms with E-state index in [1.165, 1.54) is 24.1 Å². The topological polar surface area (TPSA) is 20.3 Å². The van der Waals surface area contributed by atoms with Crippen LogP contribution >= 0.6 is 0 Å².